The molecule has 0 aromatic heterocycles. The first-order valence-corrected chi connectivity index (χ1v) is 4.31. The summed E-state index contributed by atoms with van der Waals surface area (Å²) in [6.07, 6.45) is 0. The van der Waals surface area contributed by atoms with Crippen LogP contribution in [0.1, 0.15) is 20.7 Å². The summed E-state index contributed by atoms with van der Waals surface area (Å²) in [7, 11) is 0. The summed E-state index contributed by atoms with van der Waals surface area (Å²) in [5.74, 6) is -1.81. The van der Waals surface area contributed by atoms with E-state index < -0.39 is 23.6 Å². The number of carboxylic acid groups (broad SMARTS) is 1. The van der Waals surface area contributed by atoms with Gasteiger partial charge in [0.2, 0.25) is 0 Å². The fourth-order valence-corrected chi connectivity index (χ4v) is 1.12. The molecule has 0 aliphatic rings. The van der Waals surface area contributed by atoms with Gasteiger partial charge in [0.25, 0.3) is 5.24 Å². The molecule has 1 aromatic carbocycles. The van der Waals surface area contributed by atoms with Crippen LogP contribution in [0.25, 0.3) is 0 Å². The molecule has 16 heavy (non-hydrogen) atoms. The molecule has 0 aliphatic heterocycles. The molecular formula is C9H5ClF2O4. The Morgan fingerprint density at radius 2 is 1.81 bits per heavy atom. The Labute approximate surface area is 93.4 Å². The lowest BCUT2D eigenvalue weighted by Gasteiger charge is -2.06. The highest BCUT2D eigenvalue weighted by molar-refractivity contribution is 6.67. The van der Waals surface area contributed by atoms with Crippen molar-refractivity contribution in [1.82, 2.24) is 0 Å². The van der Waals surface area contributed by atoms with Crippen LogP contribution < -0.4 is 4.74 Å². The van der Waals surface area contributed by atoms with E-state index in [-0.39, 0.29) is 11.1 Å². The van der Waals surface area contributed by atoms with E-state index in [1.54, 1.807) is 0 Å². The molecule has 0 saturated heterocycles. The van der Waals surface area contributed by atoms with E-state index >= 15 is 0 Å². The number of carbonyl (C=O) groups excluding carboxylic acids is 1. The molecule has 1 aromatic rings. The summed E-state index contributed by atoms with van der Waals surface area (Å²) in [4.78, 5) is 21.4. The summed E-state index contributed by atoms with van der Waals surface area (Å²) in [5, 5.41) is 7.70. The van der Waals surface area contributed by atoms with Gasteiger partial charge in [0.05, 0.1) is 5.56 Å². The molecule has 0 fully saturated rings. The van der Waals surface area contributed by atoms with Gasteiger partial charge in [-0.15, -0.1) is 0 Å². The molecule has 4 nitrogen and oxygen atoms in total. The fourth-order valence-electron chi connectivity index (χ4n) is 1.01. The minimum Gasteiger partial charge on any atom is -0.478 e. The Morgan fingerprint density at radius 3 is 2.25 bits per heavy atom. The van der Waals surface area contributed by atoms with E-state index in [4.69, 9.17) is 16.7 Å². The second-order valence-electron chi connectivity index (χ2n) is 2.70. The number of hydrogen-bond acceptors (Lipinski definition) is 3. The van der Waals surface area contributed by atoms with Crippen molar-refractivity contribution in [2.24, 2.45) is 0 Å². The van der Waals surface area contributed by atoms with Crippen molar-refractivity contribution >= 4 is 22.8 Å². The van der Waals surface area contributed by atoms with Crippen molar-refractivity contribution in [2.75, 3.05) is 0 Å². The zero-order valence-electron chi connectivity index (χ0n) is 7.62. The monoisotopic (exact) mass is 250 g/mol. The van der Waals surface area contributed by atoms with E-state index in [0.717, 1.165) is 18.2 Å². The second-order valence-corrected chi connectivity index (χ2v) is 3.05. The first-order chi connectivity index (χ1) is 7.40. The number of hydrogen-bond donors (Lipinski definition) is 1. The molecule has 0 saturated carbocycles. The van der Waals surface area contributed by atoms with Crippen LogP contribution in [0.3, 0.4) is 0 Å². The maximum Gasteiger partial charge on any atom is 0.387 e. The van der Waals surface area contributed by atoms with Crippen molar-refractivity contribution in [1.29, 1.82) is 0 Å². The zero-order chi connectivity index (χ0) is 12.3. The predicted octanol–water partition coefficient (Wildman–Crippen LogP) is 2.37. The van der Waals surface area contributed by atoms with Crippen LogP contribution in [0.2, 0.25) is 0 Å². The molecule has 7 heteroatoms. The van der Waals surface area contributed by atoms with Crippen molar-refractivity contribution in [3.63, 3.8) is 0 Å². The van der Waals surface area contributed by atoms with Crippen molar-refractivity contribution < 1.29 is 28.2 Å². The van der Waals surface area contributed by atoms with Gasteiger partial charge in [-0.05, 0) is 29.8 Å². The van der Waals surface area contributed by atoms with Gasteiger partial charge in [0.15, 0.2) is 0 Å². The number of halogens is 3. The number of aromatic carboxylic acids is 1. The summed E-state index contributed by atoms with van der Waals surface area (Å²) >= 11 is 5.11. The summed E-state index contributed by atoms with van der Waals surface area (Å²) in [5.41, 5.74) is -0.584. The van der Waals surface area contributed by atoms with E-state index in [1.807, 2.05) is 0 Å². The Morgan fingerprint density at radius 1 is 1.25 bits per heavy atom. The maximum absolute atomic E-state index is 11.9. The first-order valence-electron chi connectivity index (χ1n) is 3.93. The number of carboxylic acids is 1. The van der Waals surface area contributed by atoms with Gasteiger partial charge in [0, 0.05) is 5.56 Å². The minimum atomic E-state index is -3.11. The number of rotatable bonds is 4. The minimum absolute atomic E-state index is 0.225. The molecule has 0 bridgehead atoms. The van der Waals surface area contributed by atoms with Crippen molar-refractivity contribution in [3.05, 3.63) is 29.3 Å². The first kappa shape index (κ1) is 12.4. The van der Waals surface area contributed by atoms with E-state index in [9.17, 15) is 18.4 Å². The maximum atomic E-state index is 11.9. The SMILES string of the molecule is O=C(O)c1cc(OC(F)F)cc(C(=O)Cl)c1. The van der Waals surface area contributed by atoms with Gasteiger partial charge < -0.3 is 9.84 Å². The lowest BCUT2D eigenvalue weighted by Crippen LogP contribution is -2.05. The molecule has 0 aliphatic carbocycles. The van der Waals surface area contributed by atoms with E-state index in [2.05, 4.69) is 4.74 Å². The third kappa shape index (κ3) is 3.16. The van der Waals surface area contributed by atoms with Gasteiger partial charge in [-0.25, -0.2) is 4.79 Å². The lowest BCUT2D eigenvalue weighted by molar-refractivity contribution is -0.0499. The zero-order valence-corrected chi connectivity index (χ0v) is 8.37. The largest absolute Gasteiger partial charge is 0.478 e. The Balaban J connectivity index is 3.18. The standard InChI is InChI=1S/C9H5ClF2O4/c10-7(13)4-1-5(8(14)15)3-6(2-4)16-9(11)12/h1-3,9H,(H,14,15). The third-order valence-electron chi connectivity index (χ3n) is 1.61. The molecule has 0 heterocycles. The van der Waals surface area contributed by atoms with Gasteiger partial charge in [-0.2, -0.15) is 8.78 Å². The quantitative estimate of drug-likeness (QED) is 0.833. The molecule has 1 N–H and O–H groups in total. The van der Waals surface area contributed by atoms with Crippen LogP contribution in [0.4, 0.5) is 8.78 Å². The molecule has 0 radical (unpaired) electrons. The molecule has 0 spiro atoms. The van der Waals surface area contributed by atoms with E-state index in [0.29, 0.717) is 0 Å². The fraction of sp³-hybridized carbons (Fsp3) is 0.111. The topological polar surface area (TPSA) is 63.6 Å². The van der Waals surface area contributed by atoms with Gasteiger partial charge in [0.1, 0.15) is 5.75 Å². The summed E-state index contributed by atoms with van der Waals surface area (Å²) in [6, 6.07) is 2.78. The summed E-state index contributed by atoms with van der Waals surface area (Å²) < 4.78 is 27.8. The lowest BCUT2D eigenvalue weighted by atomic mass is 10.1. The van der Waals surface area contributed by atoms with Crippen LogP contribution in [0, 0.1) is 0 Å². The molecular weight excluding hydrogens is 246 g/mol. The average molecular weight is 251 g/mol. The Kier molecular flexibility index (Phi) is 3.78. The van der Waals surface area contributed by atoms with Crippen LogP contribution in [0.5, 0.6) is 5.75 Å². The third-order valence-corrected chi connectivity index (χ3v) is 1.82. The molecule has 0 unspecified atom stereocenters. The van der Waals surface area contributed by atoms with Crippen molar-refractivity contribution in [2.45, 2.75) is 6.61 Å². The highest BCUT2D eigenvalue weighted by Gasteiger charge is 2.13. The highest BCUT2D eigenvalue weighted by Crippen LogP contribution is 2.20. The predicted molar refractivity (Wildman–Crippen MR) is 50.2 cm³/mol. The number of alkyl halides is 2. The Bertz CT molecular complexity index is 401. The molecule has 0 atom stereocenters. The van der Waals surface area contributed by atoms with E-state index in [1.165, 1.54) is 0 Å². The normalized spacial score (nSPS) is 10.2. The Hall–Kier alpha value is -1.69. The smallest absolute Gasteiger partial charge is 0.387 e. The average Bonchev–Trinajstić information content (AvgIpc) is 2.15. The number of benzene rings is 1. The van der Waals surface area contributed by atoms with Crippen LogP contribution in [-0.4, -0.2) is 22.9 Å². The molecule has 0 amide bonds. The van der Waals surface area contributed by atoms with Crippen LogP contribution in [0.15, 0.2) is 18.2 Å². The summed E-state index contributed by atoms with van der Waals surface area (Å²) in [6.45, 7) is -3.11. The van der Waals surface area contributed by atoms with Crippen LogP contribution >= 0.6 is 11.6 Å². The van der Waals surface area contributed by atoms with Gasteiger partial charge >= 0.3 is 12.6 Å². The molecule has 86 valence electrons. The van der Waals surface area contributed by atoms with Crippen LogP contribution in [-0.2, 0) is 0 Å². The second kappa shape index (κ2) is 4.89. The van der Waals surface area contributed by atoms with Gasteiger partial charge in [-0.3, -0.25) is 4.79 Å². The highest BCUT2D eigenvalue weighted by atomic mass is 35.5. The van der Waals surface area contributed by atoms with Crippen molar-refractivity contribution in [3.8, 4) is 5.75 Å². The number of carbonyl (C=O) groups is 2. The van der Waals surface area contributed by atoms with Gasteiger partial charge in [-0.1, -0.05) is 0 Å². The molecule has 1 rings (SSSR count). The number of ether oxygens (including phenoxy) is 1.